The molecule has 108 valence electrons. The summed E-state index contributed by atoms with van der Waals surface area (Å²) in [6.45, 7) is 3.38. The Bertz CT molecular complexity index is 410. The van der Waals surface area contributed by atoms with Crippen molar-refractivity contribution < 1.29 is 10.2 Å². The molecule has 0 bridgehead atoms. The molecule has 21 heavy (non-hydrogen) atoms. The van der Waals surface area contributed by atoms with Crippen molar-refractivity contribution in [3.05, 3.63) is 71.8 Å². The fraction of sp³-hybridized carbons (Fsp3) is 0.333. The third-order valence-corrected chi connectivity index (χ3v) is 2.73. The van der Waals surface area contributed by atoms with Crippen molar-refractivity contribution in [1.82, 2.24) is 0 Å². The van der Waals surface area contributed by atoms with Crippen molar-refractivity contribution in [3.8, 4) is 0 Å². The zero-order valence-electron chi connectivity index (χ0n) is 12.9. The third kappa shape index (κ3) is 10.5. The minimum absolute atomic E-state index is 0. The van der Waals surface area contributed by atoms with Gasteiger partial charge in [0, 0.05) is 0 Å². The SMILES string of the molecule is CC([O-])Cc1ccccc1.CC([O-])Cc1ccccc1.[Mg+2]. The first kappa shape index (κ1) is 20.1. The van der Waals surface area contributed by atoms with Crippen LogP contribution < -0.4 is 10.2 Å². The van der Waals surface area contributed by atoms with Crippen LogP contribution in [0.15, 0.2) is 60.7 Å². The third-order valence-electron chi connectivity index (χ3n) is 2.73. The molecule has 0 aliphatic rings. The zero-order chi connectivity index (χ0) is 14.8. The van der Waals surface area contributed by atoms with E-state index in [9.17, 15) is 10.2 Å². The molecule has 0 radical (unpaired) electrons. The van der Waals surface area contributed by atoms with Crippen LogP contribution in [0.1, 0.15) is 25.0 Å². The van der Waals surface area contributed by atoms with Crippen molar-refractivity contribution >= 4 is 23.1 Å². The second kappa shape index (κ2) is 11.7. The molecule has 2 atom stereocenters. The second-order valence-corrected chi connectivity index (χ2v) is 5.00. The predicted molar refractivity (Wildman–Crippen MR) is 85.0 cm³/mol. The van der Waals surface area contributed by atoms with Gasteiger partial charge in [-0.3, -0.25) is 0 Å². The van der Waals surface area contributed by atoms with Gasteiger partial charge < -0.3 is 10.2 Å². The van der Waals surface area contributed by atoms with Crippen LogP contribution in [0.3, 0.4) is 0 Å². The van der Waals surface area contributed by atoms with E-state index in [1.807, 2.05) is 60.7 Å². The van der Waals surface area contributed by atoms with E-state index in [2.05, 4.69) is 0 Å². The van der Waals surface area contributed by atoms with Crippen LogP contribution in [0.25, 0.3) is 0 Å². The van der Waals surface area contributed by atoms with Crippen LogP contribution in [0.5, 0.6) is 0 Å². The van der Waals surface area contributed by atoms with E-state index < -0.39 is 12.2 Å². The van der Waals surface area contributed by atoms with Gasteiger partial charge in [0.1, 0.15) is 0 Å². The number of rotatable bonds is 4. The van der Waals surface area contributed by atoms with Crippen LogP contribution in [0, 0.1) is 0 Å². The molecule has 2 unspecified atom stereocenters. The molecule has 0 aliphatic heterocycles. The first-order chi connectivity index (χ1) is 9.58. The Balaban J connectivity index is 0.000000364. The molecule has 0 amide bonds. The van der Waals surface area contributed by atoms with Crippen molar-refractivity contribution in [3.63, 3.8) is 0 Å². The minimum atomic E-state index is -0.484. The largest absolute Gasteiger partial charge is 2.00 e. The van der Waals surface area contributed by atoms with Gasteiger partial charge in [0.15, 0.2) is 0 Å². The summed E-state index contributed by atoms with van der Waals surface area (Å²) in [5, 5.41) is 21.4. The Morgan fingerprint density at radius 2 is 0.952 bits per heavy atom. The first-order valence-corrected chi connectivity index (χ1v) is 6.97. The van der Waals surface area contributed by atoms with Crippen LogP contribution in [0.2, 0.25) is 0 Å². The van der Waals surface area contributed by atoms with Crippen LogP contribution in [0.4, 0.5) is 0 Å². The monoisotopic (exact) mass is 294 g/mol. The number of hydrogen-bond donors (Lipinski definition) is 0. The van der Waals surface area contributed by atoms with Crippen molar-refractivity contribution in [1.29, 1.82) is 0 Å². The number of benzene rings is 2. The Labute approximate surface area is 144 Å². The standard InChI is InChI=1S/2C9H11O.Mg/c2*1-8(10)7-9-5-3-2-4-6-9;/h2*2-6,8H,7H2,1H3;/q2*-1;+2. The summed E-state index contributed by atoms with van der Waals surface area (Å²) < 4.78 is 0. The van der Waals surface area contributed by atoms with Gasteiger partial charge in [-0.2, -0.15) is 0 Å². The van der Waals surface area contributed by atoms with Gasteiger partial charge in [-0.05, 0) is 24.0 Å². The van der Waals surface area contributed by atoms with Crippen molar-refractivity contribution in [2.45, 2.75) is 38.9 Å². The molecule has 2 aromatic carbocycles. The average Bonchev–Trinajstić information content (AvgIpc) is 2.40. The van der Waals surface area contributed by atoms with Crippen LogP contribution in [-0.4, -0.2) is 35.3 Å². The van der Waals surface area contributed by atoms with Crippen molar-refractivity contribution in [2.75, 3.05) is 0 Å². The van der Waals surface area contributed by atoms with Crippen LogP contribution in [-0.2, 0) is 12.8 Å². The van der Waals surface area contributed by atoms with Gasteiger partial charge >= 0.3 is 23.1 Å². The summed E-state index contributed by atoms with van der Waals surface area (Å²) in [6, 6.07) is 19.7. The summed E-state index contributed by atoms with van der Waals surface area (Å²) in [6.07, 6.45) is 0.312. The van der Waals surface area contributed by atoms with E-state index in [1.165, 1.54) is 0 Å². The van der Waals surface area contributed by atoms with Gasteiger partial charge in [-0.25, -0.2) is 0 Å². The molecule has 0 fully saturated rings. The normalized spacial score (nSPS) is 12.4. The van der Waals surface area contributed by atoms with Gasteiger partial charge in [-0.15, -0.1) is 12.2 Å². The van der Waals surface area contributed by atoms with E-state index in [0.29, 0.717) is 12.8 Å². The quantitative estimate of drug-likeness (QED) is 0.804. The molecular weight excluding hydrogens is 273 g/mol. The topological polar surface area (TPSA) is 46.1 Å². The van der Waals surface area contributed by atoms with E-state index in [-0.39, 0.29) is 23.1 Å². The molecular formula is C18H22MgO2. The maximum Gasteiger partial charge on any atom is 2.00 e. The first-order valence-electron chi connectivity index (χ1n) is 6.97. The summed E-state index contributed by atoms with van der Waals surface area (Å²) in [5.74, 6) is 0. The Hall–Kier alpha value is -0.874. The Morgan fingerprint density at radius 1 is 0.667 bits per heavy atom. The van der Waals surface area contributed by atoms with Crippen molar-refractivity contribution in [2.24, 2.45) is 0 Å². The van der Waals surface area contributed by atoms with E-state index >= 15 is 0 Å². The van der Waals surface area contributed by atoms with E-state index in [1.54, 1.807) is 13.8 Å². The average molecular weight is 295 g/mol. The Morgan fingerprint density at radius 3 is 1.19 bits per heavy atom. The minimum Gasteiger partial charge on any atom is -0.852 e. The second-order valence-electron chi connectivity index (χ2n) is 5.00. The molecule has 3 heteroatoms. The summed E-state index contributed by atoms with van der Waals surface area (Å²) in [4.78, 5) is 0. The van der Waals surface area contributed by atoms with E-state index in [4.69, 9.17) is 0 Å². The molecule has 0 N–H and O–H groups in total. The van der Waals surface area contributed by atoms with Gasteiger partial charge in [0.05, 0.1) is 0 Å². The maximum absolute atomic E-state index is 10.7. The number of hydrogen-bond acceptors (Lipinski definition) is 2. The maximum atomic E-state index is 10.7. The fourth-order valence-electron chi connectivity index (χ4n) is 1.89. The molecule has 2 rings (SSSR count). The molecule has 0 saturated heterocycles. The Kier molecular flexibility index (Phi) is 11.3. The summed E-state index contributed by atoms with van der Waals surface area (Å²) in [7, 11) is 0. The molecule has 2 nitrogen and oxygen atoms in total. The van der Waals surface area contributed by atoms with Gasteiger partial charge in [0.2, 0.25) is 0 Å². The van der Waals surface area contributed by atoms with E-state index in [0.717, 1.165) is 11.1 Å². The smallest absolute Gasteiger partial charge is 0.852 e. The van der Waals surface area contributed by atoms with Gasteiger partial charge in [-0.1, -0.05) is 74.5 Å². The fourth-order valence-corrected chi connectivity index (χ4v) is 1.89. The summed E-state index contributed by atoms with van der Waals surface area (Å²) >= 11 is 0. The molecule has 0 aromatic heterocycles. The molecule has 0 aliphatic carbocycles. The van der Waals surface area contributed by atoms with Crippen LogP contribution >= 0.6 is 0 Å². The van der Waals surface area contributed by atoms with Gasteiger partial charge in [0.25, 0.3) is 0 Å². The molecule has 2 aromatic rings. The molecule has 0 heterocycles. The molecule has 0 spiro atoms. The summed E-state index contributed by atoms with van der Waals surface area (Å²) in [5.41, 5.74) is 2.26. The molecule has 0 saturated carbocycles. The predicted octanol–water partition coefficient (Wildman–Crippen LogP) is 1.57. The zero-order valence-corrected chi connectivity index (χ0v) is 14.3.